The van der Waals surface area contributed by atoms with E-state index in [1.165, 1.54) is 6.20 Å². The molecule has 1 heterocycles. The summed E-state index contributed by atoms with van der Waals surface area (Å²) in [5, 5.41) is 12.3. The van der Waals surface area contributed by atoms with E-state index >= 15 is 0 Å². The van der Waals surface area contributed by atoms with Crippen molar-refractivity contribution in [2.24, 2.45) is 0 Å². The van der Waals surface area contributed by atoms with Crippen molar-refractivity contribution in [1.29, 1.82) is 0 Å². The highest BCUT2D eigenvalue weighted by Gasteiger charge is 2.17. The van der Waals surface area contributed by atoms with Gasteiger partial charge >= 0.3 is 5.97 Å². The van der Waals surface area contributed by atoms with E-state index in [-0.39, 0.29) is 18.0 Å². The summed E-state index contributed by atoms with van der Waals surface area (Å²) in [5.74, 6) is -1.09. The van der Waals surface area contributed by atoms with Gasteiger partial charge in [-0.2, -0.15) is 5.10 Å². The largest absolute Gasteiger partial charge is 0.480 e. The summed E-state index contributed by atoms with van der Waals surface area (Å²) in [7, 11) is -3.74. The smallest absolute Gasteiger partial charge is 0.325 e. The van der Waals surface area contributed by atoms with Crippen LogP contribution in [-0.4, -0.2) is 29.3 Å². The first-order valence-corrected chi connectivity index (χ1v) is 8.13. The number of aliphatic carboxylic acids is 1. The summed E-state index contributed by atoms with van der Waals surface area (Å²) in [4.78, 5) is 10.5. The van der Waals surface area contributed by atoms with E-state index in [1.807, 2.05) is 12.1 Å². The highest BCUT2D eigenvalue weighted by atomic mass is 79.9. The SMILES string of the molecule is O=C(O)Cn1cc(S(=O)(=O)NCc2ccccc2Br)cn1. The van der Waals surface area contributed by atoms with E-state index in [2.05, 4.69) is 25.8 Å². The molecule has 0 radical (unpaired) electrons. The number of nitrogens with one attached hydrogen (secondary N) is 1. The minimum absolute atomic E-state index is 0.0733. The molecule has 0 atom stereocenters. The van der Waals surface area contributed by atoms with Crippen molar-refractivity contribution < 1.29 is 18.3 Å². The summed E-state index contributed by atoms with van der Waals surface area (Å²) in [6, 6.07) is 7.24. The van der Waals surface area contributed by atoms with Crippen molar-refractivity contribution in [1.82, 2.24) is 14.5 Å². The first-order chi connectivity index (χ1) is 9.88. The second-order valence-corrected chi connectivity index (χ2v) is 6.80. The minimum Gasteiger partial charge on any atom is -0.480 e. The predicted octanol–water partition coefficient (Wildman–Crippen LogP) is 1.21. The molecule has 0 aliphatic heterocycles. The van der Waals surface area contributed by atoms with Crippen LogP contribution in [0.2, 0.25) is 0 Å². The lowest BCUT2D eigenvalue weighted by molar-refractivity contribution is -0.137. The second-order valence-electron chi connectivity index (χ2n) is 4.18. The summed E-state index contributed by atoms with van der Waals surface area (Å²) >= 11 is 3.33. The molecule has 2 N–H and O–H groups in total. The molecule has 0 spiro atoms. The van der Waals surface area contributed by atoms with Crippen molar-refractivity contribution >= 4 is 31.9 Å². The van der Waals surface area contributed by atoms with Crippen LogP contribution < -0.4 is 4.72 Å². The Balaban J connectivity index is 2.10. The van der Waals surface area contributed by atoms with Crippen LogP contribution in [0.5, 0.6) is 0 Å². The Kier molecular flexibility index (Phi) is 4.76. The maximum atomic E-state index is 12.1. The Morgan fingerprint density at radius 3 is 2.76 bits per heavy atom. The quantitative estimate of drug-likeness (QED) is 0.792. The zero-order valence-electron chi connectivity index (χ0n) is 10.7. The van der Waals surface area contributed by atoms with Crippen LogP contribution in [0.15, 0.2) is 46.0 Å². The molecular weight excluding hydrogens is 362 g/mol. The Hall–Kier alpha value is -1.71. The summed E-state index contributed by atoms with van der Waals surface area (Å²) < 4.78 is 28.5. The van der Waals surface area contributed by atoms with E-state index in [0.717, 1.165) is 20.9 Å². The van der Waals surface area contributed by atoms with Gasteiger partial charge in [0.15, 0.2) is 0 Å². The number of carboxylic acids is 1. The van der Waals surface area contributed by atoms with Crippen LogP contribution in [0.4, 0.5) is 0 Å². The first kappa shape index (κ1) is 15.7. The lowest BCUT2D eigenvalue weighted by Gasteiger charge is -2.06. The third-order valence-electron chi connectivity index (χ3n) is 2.63. The maximum Gasteiger partial charge on any atom is 0.325 e. The van der Waals surface area contributed by atoms with Crippen LogP contribution in [0, 0.1) is 0 Å². The molecule has 112 valence electrons. The molecular formula is C12H12BrN3O4S. The minimum atomic E-state index is -3.74. The number of rotatable bonds is 6. The van der Waals surface area contributed by atoms with Gasteiger partial charge in [-0.15, -0.1) is 0 Å². The van der Waals surface area contributed by atoms with Gasteiger partial charge in [0.05, 0.1) is 6.20 Å². The molecule has 0 fully saturated rings. The first-order valence-electron chi connectivity index (χ1n) is 5.86. The maximum absolute atomic E-state index is 12.1. The standard InChI is InChI=1S/C12H12BrN3O4S/c13-11-4-2-1-3-9(11)5-15-21(19,20)10-6-14-16(7-10)8-12(17)18/h1-4,6-7,15H,5,8H2,(H,17,18). The van der Waals surface area contributed by atoms with Gasteiger partial charge in [-0.05, 0) is 11.6 Å². The van der Waals surface area contributed by atoms with E-state index in [9.17, 15) is 13.2 Å². The molecule has 0 bridgehead atoms. The zero-order chi connectivity index (χ0) is 15.5. The fourth-order valence-corrected chi connectivity index (χ4v) is 2.99. The highest BCUT2D eigenvalue weighted by molar-refractivity contribution is 9.10. The molecule has 2 aromatic rings. The molecule has 0 saturated heterocycles. The van der Waals surface area contributed by atoms with E-state index in [0.29, 0.717) is 0 Å². The van der Waals surface area contributed by atoms with Crippen LogP contribution in [0.1, 0.15) is 5.56 Å². The number of sulfonamides is 1. The number of carboxylic acid groups (broad SMARTS) is 1. The molecule has 0 saturated carbocycles. The number of carbonyl (C=O) groups is 1. The normalized spacial score (nSPS) is 11.5. The molecule has 21 heavy (non-hydrogen) atoms. The van der Waals surface area contributed by atoms with Gasteiger partial charge in [0.2, 0.25) is 10.0 Å². The van der Waals surface area contributed by atoms with Gasteiger partial charge < -0.3 is 5.11 Å². The Morgan fingerprint density at radius 1 is 1.38 bits per heavy atom. The van der Waals surface area contributed by atoms with Gasteiger partial charge in [-0.25, -0.2) is 13.1 Å². The topological polar surface area (TPSA) is 101 Å². The third-order valence-corrected chi connectivity index (χ3v) is 4.76. The number of nitrogens with zero attached hydrogens (tertiary/aromatic N) is 2. The number of benzene rings is 1. The van der Waals surface area contributed by atoms with Crippen LogP contribution in [0.3, 0.4) is 0 Å². The van der Waals surface area contributed by atoms with E-state index in [1.54, 1.807) is 12.1 Å². The lowest BCUT2D eigenvalue weighted by atomic mass is 10.2. The molecule has 0 amide bonds. The van der Waals surface area contributed by atoms with Crippen molar-refractivity contribution in [3.8, 4) is 0 Å². The van der Waals surface area contributed by atoms with Gasteiger partial charge in [-0.1, -0.05) is 34.1 Å². The van der Waals surface area contributed by atoms with Gasteiger partial charge in [-0.3, -0.25) is 9.48 Å². The molecule has 2 rings (SSSR count). The Morgan fingerprint density at radius 2 is 2.10 bits per heavy atom. The number of halogens is 1. The van der Waals surface area contributed by atoms with Gasteiger partial charge in [0.1, 0.15) is 11.4 Å². The molecule has 0 aliphatic rings. The number of aromatic nitrogens is 2. The van der Waals surface area contributed by atoms with Crippen LogP contribution in [0.25, 0.3) is 0 Å². The Labute approximate surface area is 129 Å². The fraction of sp³-hybridized carbons (Fsp3) is 0.167. The zero-order valence-corrected chi connectivity index (χ0v) is 13.1. The average molecular weight is 374 g/mol. The molecule has 9 heteroatoms. The van der Waals surface area contributed by atoms with E-state index in [4.69, 9.17) is 5.11 Å². The second kappa shape index (κ2) is 6.37. The summed E-state index contributed by atoms with van der Waals surface area (Å²) in [6.07, 6.45) is 2.29. The Bertz CT molecular complexity index is 757. The number of hydrogen-bond acceptors (Lipinski definition) is 4. The van der Waals surface area contributed by atoms with Gasteiger partial charge in [0, 0.05) is 17.2 Å². The lowest BCUT2D eigenvalue weighted by Crippen LogP contribution is -2.23. The third kappa shape index (κ3) is 4.13. The van der Waals surface area contributed by atoms with Crippen molar-refractivity contribution in [2.75, 3.05) is 0 Å². The van der Waals surface area contributed by atoms with Crippen molar-refractivity contribution in [3.63, 3.8) is 0 Å². The van der Waals surface area contributed by atoms with Crippen molar-refractivity contribution in [3.05, 3.63) is 46.7 Å². The van der Waals surface area contributed by atoms with Crippen LogP contribution in [-0.2, 0) is 27.9 Å². The predicted molar refractivity (Wildman–Crippen MR) is 78.0 cm³/mol. The number of hydrogen-bond donors (Lipinski definition) is 2. The average Bonchev–Trinajstić information content (AvgIpc) is 2.86. The molecule has 7 nitrogen and oxygen atoms in total. The van der Waals surface area contributed by atoms with E-state index < -0.39 is 16.0 Å². The van der Waals surface area contributed by atoms with Crippen LogP contribution >= 0.6 is 15.9 Å². The molecule has 1 aromatic carbocycles. The molecule has 1 aromatic heterocycles. The van der Waals surface area contributed by atoms with Gasteiger partial charge in [0.25, 0.3) is 0 Å². The fourth-order valence-electron chi connectivity index (χ4n) is 1.61. The summed E-state index contributed by atoms with van der Waals surface area (Å²) in [6.45, 7) is -0.270. The summed E-state index contributed by atoms with van der Waals surface area (Å²) in [5.41, 5.74) is 0.791. The highest BCUT2D eigenvalue weighted by Crippen LogP contribution is 2.16. The molecule has 0 aliphatic carbocycles. The monoisotopic (exact) mass is 373 g/mol. The van der Waals surface area contributed by atoms with Crippen molar-refractivity contribution in [2.45, 2.75) is 18.0 Å². The molecule has 0 unspecified atom stereocenters.